The number of rotatable bonds is 3. The lowest BCUT2D eigenvalue weighted by molar-refractivity contribution is -0.178. The third kappa shape index (κ3) is 2.94. The Morgan fingerprint density at radius 1 is 1.28 bits per heavy atom. The standard InChI is InChI=1S/C18H24FN3O2.HI/c1-2-21-8-15(14-6-4-3-5-7-14)20-16(21)22-9-17(12-24-13-17)18(19,10-22)11-23;/h3-7,15,23H,2,8-13H2,1H3;1H. The highest BCUT2D eigenvalue weighted by atomic mass is 127. The number of aliphatic hydroxyl groups excluding tert-OH is 1. The molecule has 138 valence electrons. The number of hydrogen-bond acceptors (Lipinski definition) is 5. The van der Waals surface area contributed by atoms with E-state index in [0.29, 0.717) is 19.8 Å². The summed E-state index contributed by atoms with van der Waals surface area (Å²) in [5, 5.41) is 9.63. The first-order chi connectivity index (χ1) is 11.6. The molecule has 1 spiro atoms. The number of likely N-dealkylation sites (N-methyl/N-ethyl adjacent to an activating group) is 1. The first kappa shape index (κ1) is 18.8. The van der Waals surface area contributed by atoms with Crippen molar-refractivity contribution in [1.29, 1.82) is 0 Å². The number of guanidine groups is 1. The van der Waals surface area contributed by atoms with Gasteiger partial charge in [0.1, 0.15) is 0 Å². The van der Waals surface area contributed by atoms with E-state index in [0.717, 1.165) is 19.0 Å². The lowest BCUT2D eigenvalue weighted by Crippen LogP contribution is -2.58. The molecule has 1 N–H and O–H groups in total. The van der Waals surface area contributed by atoms with Gasteiger partial charge >= 0.3 is 0 Å². The number of alkyl halides is 1. The Bertz CT molecular complexity index is 629. The summed E-state index contributed by atoms with van der Waals surface area (Å²) in [6.45, 7) is 4.77. The number of halogens is 2. The topological polar surface area (TPSA) is 48.3 Å². The fraction of sp³-hybridized carbons (Fsp3) is 0.611. The second-order valence-corrected chi connectivity index (χ2v) is 7.15. The monoisotopic (exact) mass is 461 g/mol. The summed E-state index contributed by atoms with van der Waals surface area (Å²) in [7, 11) is 0. The quantitative estimate of drug-likeness (QED) is 0.701. The SMILES string of the molecule is CCN1CC(c2ccccc2)N=C1N1CC(F)(CO)C2(COC2)C1.I. The van der Waals surface area contributed by atoms with Crippen LogP contribution in [0, 0.1) is 5.41 Å². The maximum Gasteiger partial charge on any atom is 0.197 e. The lowest BCUT2D eigenvalue weighted by atomic mass is 9.74. The molecule has 7 heteroatoms. The van der Waals surface area contributed by atoms with Crippen molar-refractivity contribution < 1.29 is 14.2 Å². The zero-order chi connectivity index (χ0) is 16.8. The van der Waals surface area contributed by atoms with E-state index in [1.165, 1.54) is 5.56 Å². The van der Waals surface area contributed by atoms with Gasteiger partial charge in [-0.25, -0.2) is 9.38 Å². The molecule has 2 atom stereocenters. The van der Waals surface area contributed by atoms with Gasteiger partial charge in [-0.1, -0.05) is 30.3 Å². The van der Waals surface area contributed by atoms with Crippen molar-refractivity contribution in [1.82, 2.24) is 9.80 Å². The number of benzene rings is 1. The van der Waals surface area contributed by atoms with Crippen molar-refractivity contribution in [2.24, 2.45) is 10.4 Å². The summed E-state index contributed by atoms with van der Waals surface area (Å²) in [4.78, 5) is 9.10. The Kier molecular flexibility index (Phi) is 5.28. The van der Waals surface area contributed by atoms with Gasteiger partial charge in [0.15, 0.2) is 11.6 Å². The van der Waals surface area contributed by atoms with Gasteiger partial charge in [-0.05, 0) is 12.5 Å². The van der Waals surface area contributed by atoms with Gasteiger partial charge in [-0.2, -0.15) is 0 Å². The number of aliphatic hydroxyl groups is 1. The van der Waals surface area contributed by atoms with Gasteiger partial charge in [-0.15, -0.1) is 24.0 Å². The number of nitrogens with zero attached hydrogens (tertiary/aromatic N) is 3. The van der Waals surface area contributed by atoms with E-state index in [1.807, 2.05) is 23.1 Å². The van der Waals surface area contributed by atoms with Crippen LogP contribution in [0.2, 0.25) is 0 Å². The highest BCUT2D eigenvalue weighted by Gasteiger charge is 2.63. The van der Waals surface area contributed by atoms with E-state index in [1.54, 1.807) is 0 Å². The minimum absolute atomic E-state index is 0. The lowest BCUT2D eigenvalue weighted by Gasteiger charge is -2.44. The van der Waals surface area contributed by atoms with Crippen molar-refractivity contribution in [3.05, 3.63) is 35.9 Å². The van der Waals surface area contributed by atoms with Crippen molar-refractivity contribution in [3.63, 3.8) is 0 Å². The Morgan fingerprint density at radius 3 is 2.52 bits per heavy atom. The Morgan fingerprint density at radius 2 is 2.00 bits per heavy atom. The fourth-order valence-electron chi connectivity index (χ4n) is 4.05. The molecule has 25 heavy (non-hydrogen) atoms. The van der Waals surface area contributed by atoms with Crippen molar-refractivity contribution in [2.45, 2.75) is 18.6 Å². The van der Waals surface area contributed by atoms with E-state index < -0.39 is 17.7 Å². The summed E-state index contributed by atoms with van der Waals surface area (Å²) in [6.07, 6.45) is 0. The number of hydrogen-bond donors (Lipinski definition) is 1. The molecule has 0 aliphatic carbocycles. The smallest absolute Gasteiger partial charge is 0.197 e. The summed E-state index contributed by atoms with van der Waals surface area (Å²) >= 11 is 0. The largest absolute Gasteiger partial charge is 0.393 e. The first-order valence-electron chi connectivity index (χ1n) is 8.61. The number of aliphatic imine (C=N–C) groups is 1. The average molecular weight is 461 g/mol. The van der Waals surface area contributed by atoms with Crippen molar-refractivity contribution in [3.8, 4) is 0 Å². The van der Waals surface area contributed by atoms with Crippen molar-refractivity contribution >= 4 is 29.9 Å². The molecule has 3 aliphatic rings. The molecule has 3 heterocycles. The van der Waals surface area contributed by atoms with Crippen LogP contribution in [0.4, 0.5) is 4.39 Å². The van der Waals surface area contributed by atoms with E-state index in [2.05, 4.69) is 24.0 Å². The summed E-state index contributed by atoms with van der Waals surface area (Å²) in [5.74, 6) is 0.852. The Balaban J connectivity index is 0.00000182. The van der Waals surface area contributed by atoms with Crippen LogP contribution in [0.25, 0.3) is 0 Å². The maximum atomic E-state index is 15.3. The van der Waals surface area contributed by atoms with Crippen LogP contribution < -0.4 is 0 Å². The zero-order valence-electron chi connectivity index (χ0n) is 14.4. The molecule has 2 fully saturated rings. The number of likely N-dealkylation sites (tertiary alicyclic amines) is 1. The first-order valence-corrected chi connectivity index (χ1v) is 8.61. The van der Waals surface area contributed by atoms with Gasteiger partial charge in [0.25, 0.3) is 0 Å². The van der Waals surface area contributed by atoms with Crippen LogP contribution in [0.5, 0.6) is 0 Å². The summed E-state index contributed by atoms with van der Waals surface area (Å²) < 4.78 is 20.5. The van der Waals surface area contributed by atoms with Gasteiger partial charge < -0.3 is 19.6 Å². The summed E-state index contributed by atoms with van der Waals surface area (Å²) in [6, 6.07) is 10.3. The van der Waals surface area contributed by atoms with Gasteiger partial charge in [-0.3, -0.25) is 0 Å². The molecule has 3 aliphatic heterocycles. The van der Waals surface area contributed by atoms with Gasteiger partial charge in [0, 0.05) is 19.6 Å². The molecule has 0 aromatic heterocycles. The molecule has 0 radical (unpaired) electrons. The predicted octanol–water partition coefficient (Wildman–Crippen LogP) is 2.07. The van der Waals surface area contributed by atoms with Crippen LogP contribution in [0.1, 0.15) is 18.5 Å². The van der Waals surface area contributed by atoms with Gasteiger partial charge in [0.05, 0.1) is 37.8 Å². The highest BCUT2D eigenvalue weighted by Crippen LogP contribution is 2.48. The van der Waals surface area contributed by atoms with Crippen LogP contribution in [-0.2, 0) is 4.74 Å². The van der Waals surface area contributed by atoms with Crippen molar-refractivity contribution in [2.75, 3.05) is 46.0 Å². The van der Waals surface area contributed by atoms with E-state index in [9.17, 15) is 5.11 Å². The van der Waals surface area contributed by atoms with Crippen LogP contribution in [-0.4, -0.2) is 72.5 Å². The van der Waals surface area contributed by atoms with Crippen LogP contribution in [0.15, 0.2) is 35.3 Å². The molecular weight excluding hydrogens is 436 g/mol. The van der Waals surface area contributed by atoms with Gasteiger partial charge in [0.2, 0.25) is 0 Å². The van der Waals surface area contributed by atoms with E-state index >= 15 is 4.39 Å². The molecule has 1 aromatic carbocycles. The van der Waals surface area contributed by atoms with Crippen LogP contribution in [0.3, 0.4) is 0 Å². The molecule has 0 saturated carbocycles. The molecule has 4 rings (SSSR count). The molecule has 0 amide bonds. The normalized spacial score (nSPS) is 30.2. The number of ether oxygens (including phenoxy) is 1. The Labute approximate surface area is 164 Å². The second kappa shape index (κ2) is 7.00. The maximum absolute atomic E-state index is 15.3. The fourth-order valence-corrected chi connectivity index (χ4v) is 4.05. The third-order valence-corrected chi connectivity index (χ3v) is 5.69. The molecule has 0 bridgehead atoms. The predicted molar refractivity (Wildman–Crippen MR) is 105 cm³/mol. The van der Waals surface area contributed by atoms with Crippen LogP contribution >= 0.6 is 24.0 Å². The highest BCUT2D eigenvalue weighted by molar-refractivity contribution is 14.0. The van der Waals surface area contributed by atoms with E-state index in [-0.39, 0.29) is 36.6 Å². The second-order valence-electron chi connectivity index (χ2n) is 7.15. The third-order valence-electron chi connectivity index (χ3n) is 5.69. The molecule has 2 saturated heterocycles. The molecular formula is C18H25FIN3O2. The zero-order valence-corrected chi connectivity index (χ0v) is 16.7. The minimum atomic E-state index is -1.61. The Hall–Kier alpha value is -0.930. The molecule has 1 aromatic rings. The summed E-state index contributed by atoms with van der Waals surface area (Å²) in [5.41, 5.74) is -1.02. The average Bonchev–Trinajstić information content (AvgIpc) is 3.14. The minimum Gasteiger partial charge on any atom is -0.393 e. The molecule has 2 unspecified atom stereocenters. The molecule has 5 nitrogen and oxygen atoms in total. The van der Waals surface area contributed by atoms with E-state index in [4.69, 9.17) is 9.73 Å².